The summed E-state index contributed by atoms with van der Waals surface area (Å²) < 4.78 is 23.1. The van der Waals surface area contributed by atoms with Crippen LogP contribution < -0.4 is 15.5 Å². The summed E-state index contributed by atoms with van der Waals surface area (Å²) in [6.07, 6.45) is 2.01. The molecule has 3 rings (SSSR count). The number of carbonyl (C=O) groups is 1. The second-order valence-corrected chi connectivity index (χ2v) is 8.29. The molecule has 0 atom stereocenters. The van der Waals surface area contributed by atoms with Crippen molar-refractivity contribution in [1.82, 2.24) is 5.32 Å². The van der Waals surface area contributed by atoms with E-state index in [0.717, 1.165) is 23.9 Å². The maximum atomic E-state index is 12.4. The fourth-order valence-electron chi connectivity index (χ4n) is 3.33. The van der Waals surface area contributed by atoms with Gasteiger partial charge in [0.1, 0.15) is 5.75 Å². The van der Waals surface area contributed by atoms with Crippen LogP contribution in [0.15, 0.2) is 18.2 Å². The molecule has 2 heterocycles. The quantitative estimate of drug-likeness (QED) is 0.796. The zero-order valence-electron chi connectivity index (χ0n) is 17.0. The number of ether oxygens (including phenoxy) is 2. The van der Waals surface area contributed by atoms with Crippen LogP contribution in [-0.4, -0.2) is 50.6 Å². The molecule has 27 heavy (non-hydrogen) atoms. The molecule has 1 amide bonds. The molecule has 7 heteroatoms. The lowest BCUT2D eigenvalue weighted by atomic mass is 9.78. The first kappa shape index (κ1) is 20.2. The van der Waals surface area contributed by atoms with E-state index in [0.29, 0.717) is 19.0 Å². The van der Waals surface area contributed by atoms with Gasteiger partial charge in [0.15, 0.2) is 0 Å². The normalized spacial score (nSPS) is 21.9. The molecule has 2 fully saturated rings. The highest BCUT2D eigenvalue weighted by molar-refractivity contribution is 6.62. The molecular formula is C20H30BNO5. The molecule has 1 aromatic carbocycles. The third-order valence-corrected chi connectivity index (χ3v) is 5.77. The van der Waals surface area contributed by atoms with Crippen molar-refractivity contribution >= 4 is 18.5 Å². The molecule has 0 aromatic heterocycles. The summed E-state index contributed by atoms with van der Waals surface area (Å²) in [5.41, 5.74) is 0.946. The molecule has 0 radical (unpaired) electrons. The molecule has 0 unspecified atom stereocenters. The van der Waals surface area contributed by atoms with Crippen LogP contribution in [0, 0.1) is 0 Å². The molecule has 0 saturated carbocycles. The third kappa shape index (κ3) is 4.47. The fourth-order valence-corrected chi connectivity index (χ4v) is 3.33. The van der Waals surface area contributed by atoms with Crippen molar-refractivity contribution in [2.24, 2.45) is 0 Å². The largest absolute Gasteiger partial charge is 0.496 e. The predicted molar refractivity (Wildman–Crippen MR) is 104 cm³/mol. The fraction of sp³-hybridized carbons (Fsp3) is 0.650. The average Bonchev–Trinajstić information content (AvgIpc) is 2.83. The van der Waals surface area contributed by atoms with Crippen molar-refractivity contribution in [3.63, 3.8) is 0 Å². The minimum absolute atomic E-state index is 0.00332. The first-order valence-corrected chi connectivity index (χ1v) is 9.61. The van der Waals surface area contributed by atoms with Crippen LogP contribution in [-0.2, 0) is 25.3 Å². The van der Waals surface area contributed by atoms with Crippen LogP contribution in [0.3, 0.4) is 0 Å². The standard InChI is InChI=1S/C20H30BNO5/c1-19(2)20(3,4)27-21(26-19)15-7-6-14(17(13-15)24-5)12-18(23)22-16-8-10-25-11-9-16/h6-7,13,16H,8-12H2,1-5H3,(H,22,23). The number of hydrogen-bond donors (Lipinski definition) is 1. The highest BCUT2D eigenvalue weighted by atomic mass is 16.7. The van der Waals surface area contributed by atoms with Gasteiger partial charge in [-0.2, -0.15) is 0 Å². The van der Waals surface area contributed by atoms with Gasteiger partial charge in [-0.1, -0.05) is 12.1 Å². The van der Waals surface area contributed by atoms with Gasteiger partial charge in [0.25, 0.3) is 0 Å². The first-order chi connectivity index (χ1) is 12.7. The molecule has 1 aromatic rings. The molecule has 2 aliphatic rings. The first-order valence-electron chi connectivity index (χ1n) is 9.61. The van der Waals surface area contributed by atoms with Crippen molar-refractivity contribution in [2.75, 3.05) is 20.3 Å². The van der Waals surface area contributed by atoms with E-state index in [1.54, 1.807) is 7.11 Å². The molecular weight excluding hydrogens is 345 g/mol. The van der Waals surface area contributed by atoms with Crippen LogP contribution in [0.25, 0.3) is 0 Å². The summed E-state index contributed by atoms with van der Waals surface area (Å²) in [4.78, 5) is 12.4. The lowest BCUT2D eigenvalue weighted by Gasteiger charge is -2.32. The Balaban J connectivity index is 1.68. The highest BCUT2D eigenvalue weighted by Gasteiger charge is 2.51. The van der Waals surface area contributed by atoms with E-state index < -0.39 is 18.3 Å². The molecule has 1 N–H and O–H groups in total. The highest BCUT2D eigenvalue weighted by Crippen LogP contribution is 2.36. The maximum Gasteiger partial charge on any atom is 0.494 e. The maximum absolute atomic E-state index is 12.4. The summed E-state index contributed by atoms with van der Waals surface area (Å²) >= 11 is 0. The summed E-state index contributed by atoms with van der Waals surface area (Å²) in [6.45, 7) is 9.52. The van der Waals surface area contributed by atoms with E-state index in [9.17, 15) is 4.79 Å². The zero-order valence-corrected chi connectivity index (χ0v) is 17.0. The number of amides is 1. The van der Waals surface area contributed by atoms with Gasteiger partial charge in [-0.25, -0.2) is 0 Å². The predicted octanol–water partition coefficient (Wildman–Crippen LogP) is 1.83. The van der Waals surface area contributed by atoms with E-state index in [-0.39, 0.29) is 18.4 Å². The Bertz CT molecular complexity index is 669. The van der Waals surface area contributed by atoms with Gasteiger partial charge in [0, 0.05) is 24.8 Å². The molecule has 6 nitrogen and oxygen atoms in total. The summed E-state index contributed by atoms with van der Waals surface area (Å²) in [6, 6.07) is 5.96. The van der Waals surface area contributed by atoms with Crippen LogP contribution >= 0.6 is 0 Å². The van der Waals surface area contributed by atoms with Gasteiger partial charge in [0.05, 0.1) is 24.7 Å². The number of nitrogens with one attached hydrogen (secondary N) is 1. The Kier molecular flexibility index (Phi) is 5.84. The molecule has 0 aliphatic carbocycles. The minimum atomic E-state index is -0.450. The summed E-state index contributed by atoms with van der Waals surface area (Å²) in [5, 5.41) is 3.09. The SMILES string of the molecule is COc1cc(B2OC(C)(C)C(C)(C)O2)ccc1CC(=O)NC1CCOCC1. The number of benzene rings is 1. The number of rotatable bonds is 5. The van der Waals surface area contributed by atoms with Gasteiger partial charge < -0.3 is 24.1 Å². The minimum Gasteiger partial charge on any atom is -0.496 e. The van der Waals surface area contributed by atoms with E-state index in [4.69, 9.17) is 18.8 Å². The van der Waals surface area contributed by atoms with Gasteiger partial charge >= 0.3 is 7.12 Å². The van der Waals surface area contributed by atoms with Gasteiger partial charge in [-0.05, 0) is 52.1 Å². The average molecular weight is 375 g/mol. The number of methoxy groups -OCH3 is 1. The van der Waals surface area contributed by atoms with Gasteiger partial charge in [0.2, 0.25) is 5.91 Å². The van der Waals surface area contributed by atoms with Crippen molar-refractivity contribution in [3.8, 4) is 5.75 Å². The molecule has 148 valence electrons. The van der Waals surface area contributed by atoms with Crippen LogP contribution in [0.5, 0.6) is 5.75 Å². The van der Waals surface area contributed by atoms with Crippen molar-refractivity contribution < 1.29 is 23.6 Å². The van der Waals surface area contributed by atoms with Crippen molar-refractivity contribution in [1.29, 1.82) is 0 Å². The van der Waals surface area contributed by atoms with Crippen molar-refractivity contribution in [2.45, 2.75) is 64.2 Å². The van der Waals surface area contributed by atoms with Gasteiger partial charge in [-0.15, -0.1) is 0 Å². The second kappa shape index (κ2) is 7.82. The van der Waals surface area contributed by atoms with E-state index >= 15 is 0 Å². The monoisotopic (exact) mass is 375 g/mol. The number of carbonyl (C=O) groups excluding carboxylic acids is 1. The zero-order chi connectivity index (χ0) is 19.7. The van der Waals surface area contributed by atoms with Crippen molar-refractivity contribution in [3.05, 3.63) is 23.8 Å². The lowest BCUT2D eigenvalue weighted by Crippen LogP contribution is -2.41. The molecule has 2 saturated heterocycles. The Morgan fingerprint density at radius 3 is 2.41 bits per heavy atom. The van der Waals surface area contributed by atoms with Crippen LogP contribution in [0.1, 0.15) is 46.1 Å². The smallest absolute Gasteiger partial charge is 0.494 e. The summed E-state index contributed by atoms with van der Waals surface area (Å²) in [5.74, 6) is 0.674. The Morgan fingerprint density at radius 1 is 1.19 bits per heavy atom. The Hall–Kier alpha value is -1.57. The molecule has 0 bridgehead atoms. The van der Waals surface area contributed by atoms with Crippen LogP contribution in [0.2, 0.25) is 0 Å². The number of hydrogen-bond acceptors (Lipinski definition) is 5. The topological polar surface area (TPSA) is 66.0 Å². The molecule has 2 aliphatic heterocycles. The van der Waals surface area contributed by atoms with E-state index in [2.05, 4.69) is 5.32 Å². The third-order valence-electron chi connectivity index (χ3n) is 5.77. The Labute approximate surface area is 162 Å². The Morgan fingerprint density at radius 2 is 1.81 bits per heavy atom. The summed E-state index contributed by atoms with van der Waals surface area (Å²) in [7, 11) is 1.16. The van der Waals surface area contributed by atoms with E-state index in [1.165, 1.54) is 0 Å². The van der Waals surface area contributed by atoms with E-state index in [1.807, 2.05) is 45.9 Å². The van der Waals surface area contributed by atoms with Crippen LogP contribution in [0.4, 0.5) is 0 Å². The van der Waals surface area contributed by atoms with Gasteiger partial charge in [-0.3, -0.25) is 4.79 Å². The lowest BCUT2D eigenvalue weighted by molar-refractivity contribution is -0.121. The second-order valence-electron chi connectivity index (χ2n) is 8.29. The molecule has 0 spiro atoms.